The fraction of sp³-hybridized carbons (Fsp3) is 0.800. The van der Waals surface area contributed by atoms with Crippen molar-refractivity contribution in [2.24, 2.45) is 5.92 Å². The number of amides is 1. The van der Waals surface area contributed by atoms with Crippen molar-refractivity contribution in [3.63, 3.8) is 0 Å². The molecule has 0 bridgehead atoms. The van der Waals surface area contributed by atoms with E-state index in [1.807, 2.05) is 0 Å². The van der Waals surface area contributed by atoms with Gasteiger partial charge in [-0.3, -0.25) is 4.79 Å². The molecule has 2 atom stereocenters. The molecule has 1 aliphatic rings. The Morgan fingerprint density at radius 3 is 2.00 bits per heavy atom. The van der Waals surface area contributed by atoms with Gasteiger partial charge in [0.1, 0.15) is 16.7 Å². The molecule has 1 fully saturated rings. The molecule has 0 spiro atoms. The van der Waals surface area contributed by atoms with Crippen LogP contribution >= 0.6 is 0 Å². The number of esters is 1. The average molecular weight is 315 g/mol. The molecule has 1 aliphatic carbocycles. The molecule has 22 heavy (non-hydrogen) atoms. The minimum atomic E-state index is -1.31. The highest BCUT2D eigenvalue weighted by Crippen LogP contribution is 2.47. The van der Waals surface area contributed by atoms with Gasteiger partial charge in [-0.1, -0.05) is 0 Å². The molecule has 7 nitrogen and oxygen atoms in total. The molecule has 1 rings (SSSR count). The number of rotatable bonds is 4. The van der Waals surface area contributed by atoms with Crippen LogP contribution in [0.4, 0.5) is 4.79 Å². The number of alkyl carbamates (subject to hydrolysis) is 1. The number of hydrogen-bond donors (Lipinski definition) is 2. The van der Waals surface area contributed by atoms with Gasteiger partial charge in [-0.2, -0.15) is 0 Å². The van der Waals surface area contributed by atoms with Gasteiger partial charge in [-0.25, -0.2) is 9.59 Å². The standard InChI is InChI=1S/C15H25NO6/c1-13(2,3)21-11(19)15(8-9(15)7-10(17)18)16-12(20)22-14(4,5)6/h9H,7-8H2,1-6H3,(H,16,20)(H,17,18)/t9-,15?/m0/s1. The Labute approximate surface area is 130 Å². The zero-order chi connectivity index (χ0) is 17.3. The molecule has 0 heterocycles. The molecule has 0 aromatic carbocycles. The first-order valence-corrected chi connectivity index (χ1v) is 7.21. The molecule has 1 unspecified atom stereocenters. The number of carbonyl (C=O) groups is 3. The second kappa shape index (κ2) is 5.78. The molecular weight excluding hydrogens is 290 g/mol. The second-order valence-corrected chi connectivity index (χ2v) is 7.60. The van der Waals surface area contributed by atoms with E-state index in [1.54, 1.807) is 41.5 Å². The van der Waals surface area contributed by atoms with Crippen LogP contribution in [-0.2, 0) is 19.1 Å². The fourth-order valence-corrected chi connectivity index (χ4v) is 2.10. The molecular formula is C15H25NO6. The van der Waals surface area contributed by atoms with Crippen LogP contribution in [-0.4, -0.2) is 39.9 Å². The summed E-state index contributed by atoms with van der Waals surface area (Å²) < 4.78 is 10.4. The Morgan fingerprint density at radius 1 is 1.09 bits per heavy atom. The third kappa shape index (κ3) is 5.20. The SMILES string of the molecule is CC(C)(C)OC(=O)NC1(C(=O)OC(C)(C)C)C[C@@H]1CC(=O)O. The lowest BCUT2D eigenvalue weighted by molar-refractivity contribution is -0.159. The van der Waals surface area contributed by atoms with Gasteiger partial charge >= 0.3 is 18.0 Å². The summed E-state index contributed by atoms with van der Waals surface area (Å²) in [6.45, 7) is 10.2. The van der Waals surface area contributed by atoms with Crippen LogP contribution in [0, 0.1) is 5.92 Å². The lowest BCUT2D eigenvalue weighted by Crippen LogP contribution is -2.49. The van der Waals surface area contributed by atoms with E-state index in [-0.39, 0.29) is 12.8 Å². The van der Waals surface area contributed by atoms with Gasteiger partial charge in [0.05, 0.1) is 6.42 Å². The Hall–Kier alpha value is -1.79. The molecule has 0 radical (unpaired) electrons. The number of carbonyl (C=O) groups excluding carboxylic acids is 2. The average Bonchev–Trinajstić information content (AvgIpc) is 2.85. The third-order valence-corrected chi connectivity index (χ3v) is 3.01. The quantitative estimate of drug-likeness (QED) is 0.770. The van der Waals surface area contributed by atoms with Crippen LogP contribution in [0.3, 0.4) is 0 Å². The summed E-state index contributed by atoms with van der Waals surface area (Å²) in [7, 11) is 0. The van der Waals surface area contributed by atoms with Gasteiger partial charge in [0.2, 0.25) is 0 Å². The number of nitrogens with one attached hydrogen (secondary N) is 1. The van der Waals surface area contributed by atoms with E-state index in [0.717, 1.165) is 0 Å². The van der Waals surface area contributed by atoms with Crippen molar-refractivity contribution >= 4 is 18.0 Å². The van der Waals surface area contributed by atoms with Gasteiger partial charge in [-0.05, 0) is 48.0 Å². The minimum absolute atomic E-state index is 0.213. The van der Waals surface area contributed by atoms with Gasteiger partial charge in [-0.15, -0.1) is 0 Å². The van der Waals surface area contributed by atoms with Crippen LogP contribution in [0.1, 0.15) is 54.4 Å². The Kier molecular flexibility index (Phi) is 4.79. The van der Waals surface area contributed by atoms with Crippen LogP contribution < -0.4 is 5.32 Å². The van der Waals surface area contributed by atoms with Crippen molar-refractivity contribution in [1.82, 2.24) is 5.32 Å². The zero-order valence-electron chi connectivity index (χ0n) is 14.0. The predicted octanol–water partition coefficient (Wildman–Crippen LogP) is 2.09. The third-order valence-electron chi connectivity index (χ3n) is 3.01. The van der Waals surface area contributed by atoms with E-state index >= 15 is 0 Å². The van der Waals surface area contributed by atoms with Crippen LogP contribution in [0.2, 0.25) is 0 Å². The molecule has 0 saturated heterocycles. The van der Waals surface area contributed by atoms with Gasteiger partial charge in [0, 0.05) is 5.92 Å². The topological polar surface area (TPSA) is 102 Å². The molecule has 0 aromatic heterocycles. The summed E-state index contributed by atoms with van der Waals surface area (Å²) in [5.74, 6) is -2.15. The number of aliphatic carboxylic acids is 1. The van der Waals surface area contributed by atoms with Gasteiger partial charge in [0.25, 0.3) is 0 Å². The zero-order valence-corrected chi connectivity index (χ0v) is 14.0. The first-order chi connectivity index (χ1) is 9.75. The van der Waals surface area contributed by atoms with E-state index < -0.39 is 40.7 Å². The maximum atomic E-state index is 12.4. The van der Waals surface area contributed by atoms with E-state index in [1.165, 1.54) is 0 Å². The predicted molar refractivity (Wildman–Crippen MR) is 78.3 cm³/mol. The summed E-state index contributed by atoms with van der Waals surface area (Å²) in [4.78, 5) is 35.1. The second-order valence-electron chi connectivity index (χ2n) is 7.60. The van der Waals surface area contributed by atoms with Crippen LogP contribution in [0.5, 0.6) is 0 Å². The number of carboxylic acids is 1. The highest BCUT2D eigenvalue weighted by atomic mass is 16.6. The van der Waals surface area contributed by atoms with Crippen molar-refractivity contribution < 1.29 is 29.0 Å². The minimum Gasteiger partial charge on any atom is -0.481 e. The van der Waals surface area contributed by atoms with Crippen molar-refractivity contribution in [2.45, 2.75) is 71.1 Å². The van der Waals surface area contributed by atoms with Gasteiger partial charge in [0.15, 0.2) is 0 Å². The molecule has 1 amide bonds. The molecule has 0 aromatic rings. The molecule has 1 saturated carbocycles. The largest absolute Gasteiger partial charge is 0.481 e. The summed E-state index contributed by atoms with van der Waals surface area (Å²) in [6.07, 6.45) is -0.742. The van der Waals surface area contributed by atoms with Crippen LogP contribution in [0.15, 0.2) is 0 Å². The van der Waals surface area contributed by atoms with Crippen molar-refractivity contribution in [3.8, 4) is 0 Å². The lowest BCUT2D eigenvalue weighted by Gasteiger charge is -2.26. The smallest absolute Gasteiger partial charge is 0.408 e. The first kappa shape index (κ1) is 18.3. The number of carboxylic acid groups (broad SMARTS) is 1. The summed E-state index contributed by atoms with van der Waals surface area (Å²) >= 11 is 0. The van der Waals surface area contributed by atoms with Crippen molar-refractivity contribution in [1.29, 1.82) is 0 Å². The summed E-state index contributed by atoms with van der Waals surface area (Å²) in [6, 6.07) is 0. The monoisotopic (exact) mass is 315 g/mol. The van der Waals surface area contributed by atoms with E-state index in [9.17, 15) is 14.4 Å². The number of ether oxygens (including phenoxy) is 2. The first-order valence-electron chi connectivity index (χ1n) is 7.21. The normalized spacial score (nSPS) is 24.4. The van der Waals surface area contributed by atoms with Crippen molar-refractivity contribution in [2.75, 3.05) is 0 Å². The highest BCUT2D eigenvalue weighted by Gasteiger charge is 2.64. The Bertz CT molecular complexity index is 473. The Balaban J connectivity index is 2.84. The van der Waals surface area contributed by atoms with Crippen LogP contribution in [0.25, 0.3) is 0 Å². The van der Waals surface area contributed by atoms with Gasteiger partial charge < -0.3 is 19.9 Å². The molecule has 0 aliphatic heterocycles. The Morgan fingerprint density at radius 2 is 1.59 bits per heavy atom. The van der Waals surface area contributed by atoms with E-state index in [0.29, 0.717) is 0 Å². The lowest BCUT2D eigenvalue weighted by atomic mass is 10.1. The summed E-state index contributed by atoms with van der Waals surface area (Å²) in [5.41, 5.74) is -2.75. The molecule has 2 N–H and O–H groups in total. The van der Waals surface area contributed by atoms with E-state index in [2.05, 4.69) is 5.32 Å². The van der Waals surface area contributed by atoms with Crippen molar-refractivity contribution in [3.05, 3.63) is 0 Å². The number of hydrogen-bond acceptors (Lipinski definition) is 5. The summed E-state index contributed by atoms with van der Waals surface area (Å²) in [5, 5.41) is 11.4. The molecule has 7 heteroatoms. The fourth-order valence-electron chi connectivity index (χ4n) is 2.10. The maximum Gasteiger partial charge on any atom is 0.408 e. The van der Waals surface area contributed by atoms with E-state index in [4.69, 9.17) is 14.6 Å². The highest BCUT2D eigenvalue weighted by molar-refractivity contribution is 5.91. The molecule has 126 valence electrons. The maximum absolute atomic E-state index is 12.4.